The van der Waals surface area contributed by atoms with Gasteiger partial charge in [0.05, 0.1) is 5.56 Å². The van der Waals surface area contributed by atoms with E-state index in [-0.39, 0.29) is 11.6 Å². The number of nitrogens with zero attached hydrogens (tertiary/aromatic N) is 1. The molecule has 1 atom stereocenters. The lowest BCUT2D eigenvalue weighted by atomic mass is 10.1. The highest BCUT2D eigenvalue weighted by Gasteiger charge is 2.26. The first-order valence-corrected chi connectivity index (χ1v) is 5.96. The molecule has 3 nitrogen and oxygen atoms in total. The van der Waals surface area contributed by atoms with Gasteiger partial charge in [0.25, 0.3) is 5.91 Å². The lowest BCUT2D eigenvalue weighted by Gasteiger charge is -2.17. The Hall–Kier alpha value is -1.58. The second-order valence-electron chi connectivity index (χ2n) is 4.55. The summed E-state index contributed by atoms with van der Waals surface area (Å²) in [5, 5.41) is 0. The van der Waals surface area contributed by atoms with E-state index in [0.29, 0.717) is 11.5 Å². The summed E-state index contributed by atoms with van der Waals surface area (Å²) in [5.41, 5.74) is 6.29. The van der Waals surface area contributed by atoms with Gasteiger partial charge >= 0.3 is 0 Å². The molecule has 1 aliphatic heterocycles. The Bertz CT molecular complexity index is 433. The molecule has 0 bridgehead atoms. The minimum absolute atomic E-state index is 0.0848. The van der Waals surface area contributed by atoms with Crippen LogP contribution in [0.25, 0.3) is 0 Å². The Kier molecular flexibility index (Phi) is 3.31. The third kappa shape index (κ3) is 2.40. The largest absolute Gasteiger partial charge is 0.398 e. The number of anilines is 1. The Labute approximate surface area is 100 Å². The number of nitrogen functional groups attached to an aromatic ring is 1. The van der Waals surface area contributed by atoms with Gasteiger partial charge < -0.3 is 10.6 Å². The maximum atomic E-state index is 12.9. The van der Waals surface area contributed by atoms with Crippen molar-refractivity contribution in [3.63, 3.8) is 0 Å². The van der Waals surface area contributed by atoms with Crippen molar-refractivity contribution in [1.82, 2.24) is 4.90 Å². The van der Waals surface area contributed by atoms with Crippen molar-refractivity contribution in [2.75, 3.05) is 18.8 Å². The van der Waals surface area contributed by atoms with Crippen molar-refractivity contribution in [2.45, 2.75) is 19.8 Å². The molecule has 2 N–H and O–H groups in total. The smallest absolute Gasteiger partial charge is 0.255 e. The van der Waals surface area contributed by atoms with Crippen LogP contribution in [0.2, 0.25) is 0 Å². The van der Waals surface area contributed by atoms with Gasteiger partial charge in [-0.3, -0.25) is 4.79 Å². The highest BCUT2D eigenvalue weighted by atomic mass is 19.1. The molecule has 1 heterocycles. The molecule has 2 rings (SSSR count). The molecule has 0 saturated carbocycles. The van der Waals surface area contributed by atoms with Crippen LogP contribution in [0.4, 0.5) is 10.1 Å². The van der Waals surface area contributed by atoms with Crippen molar-refractivity contribution in [3.8, 4) is 0 Å². The number of carbonyl (C=O) groups excluding carboxylic acids is 1. The van der Waals surface area contributed by atoms with Crippen LogP contribution in [0.5, 0.6) is 0 Å². The van der Waals surface area contributed by atoms with Gasteiger partial charge in [-0.2, -0.15) is 0 Å². The summed E-state index contributed by atoms with van der Waals surface area (Å²) in [7, 11) is 0. The predicted molar refractivity (Wildman–Crippen MR) is 65.1 cm³/mol. The molecule has 0 aromatic heterocycles. The minimum Gasteiger partial charge on any atom is -0.398 e. The zero-order valence-electron chi connectivity index (χ0n) is 9.95. The molecular formula is C13H17FN2O. The van der Waals surface area contributed by atoms with Crippen LogP contribution >= 0.6 is 0 Å². The molecule has 92 valence electrons. The van der Waals surface area contributed by atoms with E-state index < -0.39 is 5.82 Å². The lowest BCUT2D eigenvalue weighted by Crippen LogP contribution is -2.29. The van der Waals surface area contributed by atoms with Crippen molar-refractivity contribution < 1.29 is 9.18 Å². The van der Waals surface area contributed by atoms with Gasteiger partial charge in [0, 0.05) is 18.8 Å². The molecule has 0 spiro atoms. The molecule has 1 unspecified atom stereocenters. The van der Waals surface area contributed by atoms with E-state index in [0.717, 1.165) is 25.9 Å². The molecule has 1 fully saturated rings. The Morgan fingerprint density at radius 1 is 1.59 bits per heavy atom. The Morgan fingerprint density at radius 2 is 2.35 bits per heavy atom. The van der Waals surface area contributed by atoms with E-state index in [1.165, 1.54) is 18.2 Å². The van der Waals surface area contributed by atoms with Crippen LogP contribution < -0.4 is 5.73 Å². The molecular weight excluding hydrogens is 219 g/mol. The Morgan fingerprint density at radius 3 is 2.94 bits per heavy atom. The van der Waals surface area contributed by atoms with E-state index in [9.17, 15) is 9.18 Å². The average molecular weight is 236 g/mol. The monoisotopic (exact) mass is 236 g/mol. The van der Waals surface area contributed by atoms with Crippen LogP contribution in [0.1, 0.15) is 30.1 Å². The van der Waals surface area contributed by atoms with Crippen LogP contribution in [-0.4, -0.2) is 23.9 Å². The number of benzene rings is 1. The summed E-state index contributed by atoms with van der Waals surface area (Å²) >= 11 is 0. The number of hydrogen-bond donors (Lipinski definition) is 1. The molecule has 0 aliphatic carbocycles. The maximum absolute atomic E-state index is 12.9. The van der Waals surface area contributed by atoms with Crippen molar-refractivity contribution in [2.24, 2.45) is 5.92 Å². The maximum Gasteiger partial charge on any atom is 0.255 e. The van der Waals surface area contributed by atoms with Crippen LogP contribution in [0.3, 0.4) is 0 Å². The fourth-order valence-electron chi connectivity index (χ4n) is 2.25. The first kappa shape index (κ1) is 11.9. The normalized spacial score (nSPS) is 19.6. The van der Waals surface area contributed by atoms with E-state index in [4.69, 9.17) is 5.73 Å². The van der Waals surface area contributed by atoms with Crippen molar-refractivity contribution in [3.05, 3.63) is 29.6 Å². The van der Waals surface area contributed by atoms with Gasteiger partial charge in [-0.05, 0) is 30.5 Å². The lowest BCUT2D eigenvalue weighted by molar-refractivity contribution is 0.0788. The van der Waals surface area contributed by atoms with E-state index in [2.05, 4.69) is 6.92 Å². The van der Waals surface area contributed by atoms with E-state index >= 15 is 0 Å². The summed E-state index contributed by atoms with van der Waals surface area (Å²) in [4.78, 5) is 14.0. The number of hydrogen-bond acceptors (Lipinski definition) is 2. The number of amides is 1. The molecule has 0 radical (unpaired) electrons. The third-order valence-electron chi connectivity index (χ3n) is 3.39. The third-order valence-corrected chi connectivity index (χ3v) is 3.39. The zero-order chi connectivity index (χ0) is 12.4. The molecule has 17 heavy (non-hydrogen) atoms. The summed E-state index contributed by atoms with van der Waals surface area (Å²) in [6.45, 7) is 3.69. The first-order valence-electron chi connectivity index (χ1n) is 5.96. The predicted octanol–water partition coefficient (Wildman–Crippen LogP) is 2.28. The molecule has 1 amide bonds. The summed E-state index contributed by atoms with van der Waals surface area (Å²) in [6.07, 6.45) is 2.13. The Balaban J connectivity index is 2.15. The van der Waals surface area contributed by atoms with Gasteiger partial charge in [-0.15, -0.1) is 0 Å². The SMILES string of the molecule is CCC1CCN(C(=O)c2ccc(F)cc2N)C1. The van der Waals surface area contributed by atoms with Crippen molar-refractivity contribution in [1.29, 1.82) is 0 Å². The van der Waals surface area contributed by atoms with Gasteiger partial charge in [0.1, 0.15) is 5.82 Å². The molecule has 4 heteroatoms. The van der Waals surface area contributed by atoms with Gasteiger partial charge in [-0.25, -0.2) is 4.39 Å². The molecule has 1 aromatic carbocycles. The number of carbonyl (C=O) groups is 1. The van der Waals surface area contributed by atoms with Gasteiger partial charge in [0.15, 0.2) is 0 Å². The second kappa shape index (κ2) is 4.73. The number of halogens is 1. The summed E-state index contributed by atoms with van der Waals surface area (Å²) < 4.78 is 12.9. The first-order chi connectivity index (χ1) is 8.11. The van der Waals surface area contributed by atoms with Crippen LogP contribution in [0, 0.1) is 11.7 Å². The quantitative estimate of drug-likeness (QED) is 0.801. The highest BCUT2D eigenvalue weighted by Crippen LogP contribution is 2.23. The molecule has 1 aliphatic rings. The number of likely N-dealkylation sites (tertiary alicyclic amines) is 1. The fraction of sp³-hybridized carbons (Fsp3) is 0.462. The van der Waals surface area contributed by atoms with Crippen LogP contribution in [-0.2, 0) is 0 Å². The van der Waals surface area contributed by atoms with Crippen LogP contribution in [0.15, 0.2) is 18.2 Å². The van der Waals surface area contributed by atoms with E-state index in [1.54, 1.807) is 4.90 Å². The van der Waals surface area contributed by atoms with Gasteiger partial charge in [-0.1, -0.05) is 13.3 Å². The summed E-state index contributed by atoms with van der Waals surface area (Å²) in [6, 6.07) is 3.93. The standard InChI is InChI=1S/C13H17FN2O/c1-2-9-5-6-16(8-9)13(17)11-4-3-10(14)7-12(11)15/h3-4,7,9H,2,5-6,8,15H2,1H3. The highest BCUT2D eigenvalue weighted by molar-refractivity contribution is 5.99. The zero-order valence-corrected chi connectivity index (χ0v) is 9.95. The average Bonchev–Trinajstić information content (AvgIpc) is 2.76. The van der Waals surface area contributed by atoms with E-state index in [1.807, 2.05) is 0 Å². The van der Waals surface area contributed by atoms with Crippen molar-refractivity contribution >= 4 is 11.6 Å². The molecule has 1 aromatic rings. The summed E-state index contributed by atoms with van der Waals surface area (Å²) in [5.74, 6) is 0.0889. The minimum atomic E-state index is -0.410. The second-order valence-corrected chi connectivity index (χ2v) is 4.55. The number of nitrogens with two attached hydrogens (primary N) is 1. The van der Waals surface area contributed by atoms with Gasteiger partial charge in [0.2, 0.25) is 0 Å². The topological polar surface area (TPSA) is 46.3 Å². The fourth-order valence-corrected chi connectivity index (χ4v) is 2.25. The number of rotatable bonds is 2. The molecule has 1 saturated heterocycles.